The summed E-state index contributed by atoms with van der Waals surface area (Å²) in [5.74, 6) is 0.657. The van der Waals surface area contributed by atoms with Gasteiger partial charge in [-0.2, -0.15) is 4.31 Å². The molecular formula is C24H23FN2O5S2. The van der Waals surface area contributed by atoms with Crippen LogP contribution in [-0.2, 0) is 31.9 Å². The van der Waals surface area contributed by atoms with Gasteiger partial charge in [0.2, 0.25) is 16.3 Å². The Bertz CT molecular complexity index is 1250. The Labute approximate surface area is 201 Å². The number of aromatic nitrogens is 1. The number of hydrogen-bond donors (Lipinski definition) is 0. The van der Waals surface area contributed by atoms with Crippen molar-refractivity contribution in [1.29, 1.82) is 0 Å². The van der Waals surface area contributed by atoms with E-state index in [1.54, 1.807) is 12.1 Å². The zero-order valence-electron chi connectivity index (χ0n) is 18.2. The van der Waals surface area contributed by atoms with Gasteiger partial charge in [-0.1, -0.05) is 30.3 Å². The van der Waals surface area contributed by atoms with Crippen molar-refractivity contribution >= 4 is 21.8 Å². The highest BCUT2D eigenvalue weighted by Crippen LogP contribution is 2.38. The highest BCUT2D eigenvalue weighted by Gasteiger charge is 2.27. The van der Waals surface area contributed by atoms with E-state index >= 15 is 0 Å². The van der Waals surface area contributed by atoms with Crippen molar-refractivity contribution in [3.8, 4) is 5.75 Å². The van der Waals surface area contributed by atoms with Gasteiger partial charge in [-0.25, -0.2) is 17.8 Å². The highest BCUT2D eigenvalue weighted by molar-refractivity contribution is 7.98. The molecule has 10 heteroatoms. The second-order valence-corrected chi connectivity index (χ2v) is 10.8. The summed E-state index contributed by atoms with van der Waals surface area (Å²) in [5.41, 5.74) is 2.23. The molecule has 0 unspecified atom stereocenters. The van der Waals surface area contributed by atoms with Gasteiger partial charge < -0.3 is 14.2 Å². The number of hydrogen-bond acceptors (Lipinski definition) is 7. The predicted molar refractivity (Wildman–Crippen MR) is 124 cm³/mol. The van der Waals surface area contributed by atoms with Crippen molar-refractivity contribution in [3.63, 3.8) is 0 Å². The molecule has 1 aromatic heterocycles. The molecule has 0 radical (unpaired) electrons. The first-order chi connectivity index (χ1) is 16.5. The lowest BCUT2D eigenvalue weighted by atomic mass is 10.1. The second-order valence-electron chi connectivity index (χ2n) is 7.86. The molecule has 3 aromatic rings. The van der Waals surface area contributed by atoms with E-state index in [0.717, 1.165) is 5.56 Å². The maximum atomic E-state index is 14.2. The van der Waals surface area contributed by atoms with E-state index in [4.69, 9.17) is 14.2 Å². The Morgan fingerprint density at radius 1 is 1.09 bits per heavy atom. The van der Waals surface area contributed by atoms with Crippen LogP contribution in [0.5, 0.6) is 5.75 Å². The van der Waals surface area contributed by atoms with Gasteiger partial charge in [-0.3, -0.25) is 0 Å². The summed E-state index contributed by atoms with van der Waals surface area (Å²) < 4.78 is 58.3. The summed E-state index contributed by atoms with van der Waals surface area (Å²) in [4.78, 5) is 4.46. The molecule has 2 aliphatic rings. The van der Waals surface area contributed by atoms with E-state index in [2.05, 4.69) is 4.98 Å². The number of pyridine rings is 1. The van der Waals surface area contributed by atoms with Crippen molar-refractivity contribution < 1.29 is 27.0 Å². The molecule has 1 saturated heterocycles. The van der Waals surface area contributed by atoms with Crippen LogP contribution < -0.4 is 4.74 Å². The molecule has 0 amide bonds. The molecular weight excluding hydrogens is 479 g/mol. The lowest BCUT2D eigenvalue weighted by molar-refractivity contribution is -0.112. The van der Waals surface area contributed by atoms with Crippen LogP contribution in [0.3, 0.4) is 0 Å². The van der Waals surface area contributed by atoms with E-state index in [0.29, 0.717) is 54.0 Å². The second kappa shape index (κ2) is 10.0. The number of sulfonamides is 1. The summed E-state index contributed by atoms with van der Waals surface area (Å²) in [6, 6.07) is 15.7. The number of fused-ring (bicyclic) bond motifs is 1. The van der Waals surface area contributed by atoms with Crippen LogP contribution in [-0.4, -0.2) is 44.0 Å². The maximum absolute atomic E-state index is 14.2. The van der Waals surface area contributed by atoms with Crippen molar-refractivity contribution in [2.24, 2.45) is 0 Å². The van der Waals surface area contributed by atoms with Crippen LogP contribution in [0.1, 0.15) is 23.0 Å². The summed E-state index contributed by atoms with van der Waals surface area (Å²) in [6.07, 6.45) is 0.801. The van der Waals surface area contributed by atoms with Gasteiger partial charge in [-0.05, 0) is 24.3 Å². The van der Waals surface area contributed by atoms with Crippen molar-refractivity contribution in [2.45, 2.75) is 28.6 Å². The Balaban J connectivity index is 1.31. The quantitative estimate of drug-likeness (QED) is 0.469. The number of thioether (sulfide) groups is 1. The minimum absolute atomic E-state index is 0.146. The van der Waals surface area contributed by atoms with E-state index in [1.807, 2.05) is 30.3 Å². The molecule has 0 bridgehead atoms. The molecule has 3 heterocycles. The van der Waals surface area contributed by atoms with Crippen LogP contribution >= 0.6 is 11.8 Å². The van der Waals surface area contributed by atoms with E-state index in [-0.39, 0.29) is 17.3 Å². The van der Waals surface area contributed by atoms with E-state index in [9.17, 15) is 12.8 Å². The van der Waals surface area contributed by atoms with Crippen LogP contribution in [0.2, 0.25) is 0 Å². The van der Waals surface area contributed by atoms with Crippen LogP contribution in [0.25, 0.3) is 0 Å². The van der Waals surface area contributed by atoms with Crippen LogP contribution in [0.15, 0.2) is 70.7 Å². The molecule has 2 aliphatic heterocycles. The SMILES string of the molecule is O=S(=O)(c1ccc(SCc2cc(F)cc3c2O[C@@H](c2ccccc2)OC3)nc1)N1CCOCC1. The first-order valence-corrected chi connectivity index (χ1v) is 13.2. The maximum Gasteiger partial charge on any atom is 0.244 e. The summed E-state index contributed by atoms with van der Waals surface area (Å²) >= 11 is 1.38. The molecule has 0 N–H and O–H groups in total. The molecule has 5 rings (SSSR count). The Kier molecular flexibility index (Phi) is 6.84. The Morgan fingerprint density at radius 2 is 1.88 bits per heavy atom. The highest BCUT2D eigenvalue weighted by atomic mass is 32.2. The third-order valence-corrected chi connectivity index (χ3v) is 8.46. The van der Waals surface area contributed by atoms with Crippen molar-refractivity contribution in [2.75, 3.05) is 26.3 Å². The molecule has 0 aliphatic carbocycles. The van der Waals surface area contributed by atoms with Gasteiger partial charge in [0.05, 0.1) is 24.8 Å². The molecule has 2 aromatic carbocycles. The lowest BCUT2D eigenvalue weighted by Gasteiger charge is -2.28. The molecule has 7 nitrogen and oxygen atoms in total. The molecule has 1 fully saturated rings. The monoisotopic (exact) mass is 502 g/mol. The standard InChI is InChI=1S/C24H23FN2O5S2/c25-20-12-18-15-31-24(17-4-2-1-3-5-17)32-23(18)19(13-20)16-33-22-7-6-21(14-26-22)34(28,29)27-8-10-30-11-9-27/h1-7,12-14,24H,8-11,15-16H2/t24-/m0/s1. The topological polar surface area (TPSA) is 78.0 Å². The number of halogens is 1. The van der Waals surface area contributed by atoms with Gasteiger partial charge in [0, 0.05) is 41.7 Å². The van der Waals surface area contributed by atoms with Gasteiger partial charge in [0.1, 0.15) is 16.5 Å². The van der Waals surface area contributed by atoms with Gasteiger partial charge >= 0.3 is 0 Å². The fraction of sp³-hybridized carbons (Fsp3) is 0.292. The zero-order chi connectivity index (χ0) is 23.5. The Hall–Kier alpha value is -2.50. The van der Waals surface area contributed by atoms with Crippen LogP contribution in [0, 0.1) is 5.82 Å². The summed E-state index contributed by atoms with van der Waals surface area (Å²) in [7, 11) is -3.60. The number of morpholine rings is 1. The molecule has 1 atom stereocenters. The van der Waals surface area contributed by atoms with Gasteiger partial charge in [0.15, 0.2) is 0 Å². The van der Waals surface area contributed by atoms with Crippen molar-refractivity contribution in [1.82, 2.24) is 9.29 Å². The predicted octanol–water partition coefficient (Wildman–Crippen LogP) is 4.14. The van der Waals surface area contributed by atoms with Gasteiger partial charge in [-0.15, -0.1) is 11.8 Å². The average molecular weight is 503 g/mol. The number of benzene rings is 2. The third-order valence-electron chi connectivity index (χ3n) is 5.59. The first kappa shape index (κ1) is 23.3. The van der Waals surface area contributed by atoms with Gasteiger partial charge in [0.25, 0.3) is 0 Å². The summed E-state index contributed by atoms with van der Waals surface area (Å²) in [5, 5.41) is 0.630. The zero-order valence-corrected chi connectivity index (χ0v) is 19.9. The molecule has 0 spiro atoms. The van der Waals surface area contributed by atoms with Crippen LogP contribution in [0.4, 0.5) is 4.39 Å². The minimum atomic E-state index is -3.60. The smallest absolute Gasteiger partial charge is 0.244 e. The largest absolute Gasteiger partial charge is 0.460 e. The number of rotatable bonds is 6. The average Bonchev–Trinajstić information content (AvgIpc) is 2.88. The first-order valence-electron chi connectivity index (χ1n) is 10.8. The Morgan fingerprint density at radius 3 is 2.62 bits per heavy atom. The number of nitrogens with zero attached hydrogens (tertiary/aromatic N) is 2. The third kappa shape index (κ3) is 4.96. The fourth-order valence-electron chi connectivity index (χ4n) is 3.85. The molecule has 0 saturated carbocycles. The minimum Gasteiger partial charge on any atom is -0.460 e. The summed E-state index contributed by atoms with van der Waals surface area (Å²) in [6.45, 7) is 1.68. The molecule has 34 heavy (non-hydrogen) atoms. The normalized spacial score (nSPS) is 18.8. The van der Waals surface area contributed by atoms with E-state index in [1.165, 1.54) is 34.4 Å². The lowest BCUT2D eigenvalue weighted by Crippen LogP contribution is -2.40. The van der Waals surface area contributed by atoms with E-state index < -0.39 is 16.3 Å². The van der Waals surface area contributed by atoms with Crippen molar-refractivity contribution in [3.05, 3.63) is 83.3 Å². The number of ether oxygens (including phenoxy) is 3. The molecule has 178 valence electrons. The fourth-order valence-corrected chi connectivity index (χ4v) is 6.01.